The van der Waals surface area contributed by atoms with Crippen molar-refractivity contribution in [3.8, 4) is 0 Å². The number of amides is 1. The van der Waals surface area contributed by atoms with E-state index in [0.29, 0.717) is 29.4 Å². The minimum Gasteiger partial charge on any atom is -0.347 e. The molecule has 0 aromatic carbocycles. The lowest BCUT2D eigenvalue weighted by Gasteiger charge is -2.46. The highest BCUT2D eigenvalue weighted by Crippen LogP contribution is 2.48. The van der Waals surface area contributed by atoms with E-state index < -0.39 is 0 Å². The van der Waals surface area contributed by atoms with Gasteiger partial charge in [-0.05, 0) is 68.9 Å². The summed E-state index contributed by atoms with van der Waals surface area (Å²) in [6.45, 7) is 13.8. The number of likely N-dealkylation sites (tertiary alicyclic amines) is 2. The molecule has 1 saturated carbocycles. The SMILES string of the molecule is CC(C)C1CCCC12OCC(CC(C)C1CN(C(C)c3cccc(C(=O)N4CCCC4)n3)C1)O2. The number of hydrogen-bond acceptors (Lipinski definition) is 5. The summed E-state index contributed by atoms with van der Waals surface area (Å²) < 4.78 is 12.9. The lowest BCUT2D eigenvalue weighted by Crippen LogP contribution is -2.51. The second-order valence-electron chi connectivity index (χ2n) is 11.7. The van der Waals surface area contributed by atoms with Crippen LogP contribution >= 0.6 is 0 Å². The number of nitrogens with zero attached hydrogens (tertiary/aromatic N) is 3. The van der Waals surface area contributed by atoms with Gasteiger partial charge >= 0.3 is 0 Å². The second kappa shape index (κ2) is 9.87. The summed E-state index contributed by atoms with van der Waals surface area (Å²) in [5, 5.41) is 0. The fourth-order valence-electron chi connectivity index (χ4n) is 6.75. The summed E-state index contributed by atoms with van der Waals surface area (Å²) in [6.07, 6.45) is 7.03. The van der Waals surface area contributed by atoms with Crippen molar-refractivity contribution >= 4 is 5.91 Å². The van der Waals surface area contributed by atoms with E-state index in [1.807, 2.05) is 17.0 Å². The summed E-state index contributed by atoms with van der Waals surface area (Å²) in [5.74, 6) is 2.22. The number of pyridine rings is 1. The molecule has 34 heavy (non-hydrogen) atoms. The van der Waals surface area contributed by atoms with Gasteiger partial charge in [-0.3, -0.25) is 9.69 Å². The van der Waals surface area contributed by atoms with Crippen LogP contribution in [0.5, 0.6) is 0 Å². The molecule has 1 spiro atoms. The van der Waals surface area contributed by atoms with Gasteiger partial charge in [-0.2, -0.15) is 0 Å². The molecule has 0 N–H and O–H groups in total. The Kier molecular flexibility index (Phi) is 7.02. The Hall–Kier alpha value is -1.50. The first kappa shape index (κ1) is 24.2. The predicted molar refractivity (Wildman–Crippen MR) is 132 cm³/mol. The van der Waals surface area contributed by atoms with E-state index in [1.54, 1.807) is 0 Å². The van der Waals surface area contributed by atoms with Crippen LogP contribution < -0.4 is 0 Å². The third-order valence-corrected chi connectivity index (χ3v) is 9.03. The van der Waals surface area contributed by atoms with Crippen molar-refractivity contribution in [3.05, 3.63) is 29.6 Å². The van der Waals surface area contributed by atoms with E-state index in [4.69, 9.17) is 14.5 Å². The lowest BCUT2D eigenvalue weighted by molar-refractivity contribution is -0.201. The Morgan fingerprint density at radius 1 is 1.15 bits per heavy atom. The maximum atomic E-state index is 12.8. The van der Waals surface area contributed by atoms with Crippen LogP contribution in [0.15, 0.2) is 18.2 Å². The van der Waals surface area contributed by atoms with Crippen molar-refractivity contribution in [2.75, 3.05) is 32.8 Å². The molecule has 4 aliphatic rings. The first-order valence-corrected chi connectivity index (χ1v) is 13.7. The molecule has 0 bridgehead atoms. The number of rotatable bonds is 7. The summed E-state index contributed by atoms with van der Waals surface area (Å²) in [4.78, 5) is 22.0. The number of carbonyl (C=O) groups is 1. The number of carbonyl (C=O) groups excluding carboxylic acids is 1. The van der Waals surface area contributed by atoms with Gasteiger partial charge in [0.05, 0.1) is 18.4 Å². The van der Waals surface area contributed by atoms with E-state index in [0.717, 1.165) is 64.2 Å². The molecule has 3 saturated heterocycles. The molecule has 5 rings (SSSR count). The van der Waals surface area contributed by atoms with E-state index in [1.165, 1.54) is 12.8 Å². The van der Waals surface area contributed by atoms with Gasteiger partial charge in [0.15, 0.2) is 5.79 Å². The molecule has 0 radical (unpaired) electrons. The normalized spacial score (nSPS) is 32.0. The van der Waals surface area contributed by atoms with Gasteiger partial charge < -0.3 is 14.4 Å². The number of aromatic nitrogens is 1. The minimum absolute atomic E-state index is 0.0835. The highest BCUT2D eigenvalue weighted by atomic mass is 16.7. The summed E-state index contributed by atoms with van der Waals surface area (Å²) in [7, 11) is 0. The third-order valence-electron chi connectivity index (χ3n) is 9.03. The fraction of sp³-hybridized carbons (Fsp3) is 0.786. The van der Waals surface area contributed by atoms with Crippen LogP contribution in [0.1, 0.15) is 88.4 Å². The van der Waals surface area contributed by atoms with Crippen LogP contribution in [0.3, 0.4) is 0 Å². The van der Waals surface area contributed by atoms with Crippen LogP contribution in [0.4, 0.5) is 0 Å². The summed E-state index contributed by atoms with van der Waals surface area (Å²) >= 11 is 0. The van der Waals surface area contributed by atoms with Crippen LogP contribution in [-0.2, 0) is 9.47 Å². The van der Waals surface area contributed by atoms with Gasteiger partial charge in [0.25, 0.3) is 5.91 Å². The molecule has 4 fully saturated rings. The van der Waals surface area contributed by atoms with Crippen LogP contribution in [0.2, 0.25) is 0 Å². The van der Waals surface area contributed by atoms with E-state index >= 15 is 0 Å². The first-order valence-electron chi connectivity index (χ1n) is 13.7. The quantitative estimate of drug-likeness (QED) is 0.568. The van der Waals surface area contributed by atoms with Crippen molar-refractivity contribution in [3.63, 3.8) is 0 Å². The summed E-state index contributed by atoms with van der Waals surface area (Å²) in [6, 6.07) is 6.15. The molecule has 5 unspecified atom stereocenters. The molecule has 1 aromatic heterocycles. The molecule has 6 heteroatoms. The van der Waals surface area contributed by atoms with Crippen molar-refractivity contribution in [1.82, 2.24) is 14.8 Å². The molecule has 1 aromatic rings. The van der Waals surface area contributed by atoms with E-state index in [9.17, 15) is 4.79 Å². The predicted octanol–water partition coefficient (Wildman–Crippen LogP) is 4.90. The van der Waals surface area contributed by atoms with Gasteiger partial charge in [-0.25, -0.2) is 4.98 Å². The topological polar surface area (TPSA) is 54.9 Å². The van der Waals surface area contributed by atoms with Gasteiger partial charge in [0.2, 0.25) is 0 Å². The van der Waals surface area contributed by atoms with Gasteiger partial charge in [0, 0.05) is 44.6 Å². The lowest BCUT2D eigenvalue weighted by atomic mass is 9.82. The van der Waals surface area contributed by atoms with Crippen LogP contribution in [0, 0.1) is 23.7 Å². The molecule has 188 valence electrons. The zero-order chi connectivity index (χ0) is 23.9. The molecular formula is C28H43N3O3. The summed E-state index contributed by atoms with van der Waals surface area (Å²) in [5.41, 5.74) is 1.60. The third kappa shape index (κ3) is 4.66. The number of ether oxygens (including phenoxy) is 2. The molecule has 1 amide bonds. The minimum atomic E-state index is -0.304. The molecule has 4 heterocycles. The molecule has 3 aliphatic heterocycles. The maximum Gasteiger partial charge on any atom is 0.272 e. The first-order chi connectivity index (χ1) is 16.4. The molecule has 5 atom stereocenters. The van der Waals surface area contributed by atoms with Crippen LogP contribution in [-0.4, -0.2) is 65.4 Å². The van der Waals surface area contributed by atoms with Crippen molar-refractivity contribution in [2.45, 2.75) is 84.2 Å². The van der Waals surface area contributed by atoms with Crippen molar-refractivity contribution < 1.29 is 14.3 Å². The smallest absolute Gasteiger partial charge is 0.272 e. The number of hydrogen-bond donors (Lipinski definition) is 0. The Morgan fingerprint density at radius 3 is 2.65 bits per heavy atom. The zero-order valence-corrected chi connectivity index (χ0v) is 21.5. The Labute approximate surface area is 205 Å². The zero-order valence-electron chi connectivity index (χ0n) is 21.5. The Balaban J connectivity index is 1.12. The van der Waals surface area contributed by atoms with Crippen molar-refractivity contribution in [1.29, 1.82) is 0 Å². The highest BCUT2D eigenvalue weighted by molar-refractivity contribution is 5.92. The van der Waals surface area contributed by atoms with Gasteiger partial charge in [0.1, 0.15) is 5.69 Å². The fourth-order valence-corrected chi connectivity index (χ4v) is 6.75. The molecule has 1 aliphatic carbocycles. The highest BCUT2D eigenvalue weighted by Gasteiger charge is 2.52. The van der Waals surface area contributed by atoms with E-state index in [2.05, 4.69) is 38.7 Å². The monoisotopic (exact) mass is 469 g/mol. The van der Waals surface area contributed by atoms with Crippen molar-refractivity contribution in [2.24, 2.45) is 23.7 Å². The van der Waals surface area contributed by atoms with Crippen LogP contribution in [0.25, 0.3) is 0 Å². The average molecular weight is 470 g/mol. The largest absolute Gasteiger partial charge is 0.347 e. The Morgan fingerprint density at radius 2 is 1.91 bits per heavy atom. The maximum absolute atomic E-state index is 12.8. The average Bonchev–Trinajstić information content (AvgIpc) is 3.54. The van der Waals surface area contributed by atoms with E-state index in [-0.39, 0.29) is 23.8 Å². The second-order valence-corrected chi connectivity index (χ2v) is 11.7. The van der Waals surface area contributed by atoms with Gasteiger partial charge in [-0.15, -0.1) is 0 Å². The van der Waals surface area contributed by atoms with Gasteiger partial charge in [-0.1, -0.05) is 26.8 Å². The Bertz CT molecular complexity index is 864. The standard InChI is InChI=1S/C28H43N3O3/c1-19(2)24-9-8-12-28(24)33-18-23(34-28)15-20(3)22-16-31(17-22)21(4)25-10-7-11-26(29-25)27(32)30-13-5-6-14-30/h7,10-11,19-24H,5-6,8-9,12-18H2,1-4H3. The molecule has 6 nitrogen and oxygen atoms in total. The molecular weight excluding hydrogens is 426 g/mol.